The van der Waals surface area contributed by atoms with Gasteiger partial charge in [-0.05, 0) is 31.5 Å². The first-order chi connectivity index (χ1) is 17.3. The minimum absolute atomic E-state index is 0.0456. The number of hydrogen-bond donors (Lipinski definition) is 2. The predicted octanol–water partition coefficient (Wildman–Crippen LogP) is 2.67. The Hall–Kier alpha value is -4.85. The average Bonchev–Trinajstić information content (AvgIpc) is 2.84. The number of phenols is 1. The first kappa shape index (κ1) is 25.8. The van der Waals surface area contributed by atoms with Gasteiger partial charge in [-0.1, -0.05) is 6.07 Å². The molecule has 0 atom stereocenters. The first-order valence-electron chi connectivity index (χ1n) is 10.9. The summed E-state index contributed by atoms with van der Waals surface area (Å²) in [5.74, 6) is -3.34. The number of amides is 1. The Labute approximate surface area is 204 Å². The van der Waals surface area contributed by atoms with Gasteiger partial charge in [-0.2, -0.15) is 5.26 Å². The average molecular weight is 494 g/mol. The van der Waals surface area contributed by atoms with Gasteiger partial charge in [0.1, 0.15) is 28.5 Å². The number of anilines is 1. The number of benzene rings is 2. The Morgan fingerprint density at radius 3 is 2.53 bits per heavy atom. The van der Waals surface area contributed by atoms with E-state index in [0.717, 1.165) is 6.07 Å². The summed E-state index contributed by atoms with van der Waals surface area (Å²) < 4.78 is 20.6. The summed E-state index contributed by atoms with van der Waals surface area (Å²) >= 11 is 0. The SMILES string of the molecule is CCOC(=O)C(=O)Nc1ccc(CCOc2cc(O)c3c(=O)cc(C(=O)OCC)oc3c2)cc1C#N. The molecule has 36 heavy (non-hydrogen) atoms. The highest BCUT2D eigenvalue weighted by Crippen LogP contribution is 2.29. The van der Waals surface area contributed by atoms with Crippen LogP contribution >= 0.6 is 0 Å². The van der Waals surface area contributed by atoms with Crippen LogP contribution in [0.4, 0.5) is 5.69 Å². The summed E-state index contributed by atoms with van der Waals surface area (Å²) in [6, 6.07) is 10.2. The van der Waals surface area contributed by atoms with Gasteiger partial charge in [0.25, 0.3) is 0 Å². The Morgan fingerprint density at radius 1 is 1.08 bits per heavy atom. The van der Waals surface area contributed by atoms with Gasteiger partial charge in [0, 0.05) is 24.6 Å². The third kappa shape index (κ3) is 5.98. The van der Waals surface area contributed by atoms with Gasteiger partial charge in [0.15, 0.2) is 5.43 Å². The van der Waals surface area contributed by atoms with Crippen molar-refractivity contribution < 1.29 is 38.1 Å². The van der Waals surface area contributed by atoms with E-state index >= 15 is 0 Å². The zero-order valence-corrected chi connectivity index (χ0v) is 19.5. The first-order valence-corrected chi connectivity index (χ1v) is 10.9. The molecule has 0 radical (unpaired) electrons. The molecule has 0 saturated heterocycles. The van der Waals surface area contributed by atoms with E-state index in [4.69, 9.17) is 13.9 Å². The molecule has 0 bridgehead atoms. The number of nitriles is 1. The molecule has 0 aliphatic rings. The number of nitrogens with one attached hydrogen (secondary N) is 1. The Kier molecular flexibility index (Phi) is 8.25. The molecular formula is C25H22N2O9. The molecule has 0 spiro atoms. The standard InChI is InChI=1S/C25H22N2O9/c1-3-33-24(31)21-12-19(29)22-18(28)10-16(11-20(22)36-21)35-8-7-14-5-6-17(15(9-14)13-26)27-23(30)25(32)34-4-2/h5-6,9-12,28H,3-4,7-8H2,1-2H3,(H,27,30). The maximum Gasteiger partial charge on any atom is 0.397 e. The zero-order chi connectivity index (χ0) is 26.2. The number of carbonyl (C=O) groups excluding carboxylic acids is 3. The number of nitrogens with zero attached hydrogens (tertiary/aromatic N) is 1. The van der Waals surface area contributed by atoms with Gasteiger partial charge in [0.05, 0.1) is 31.1 Å². The summed E-state index contributed by atoms with van der Waals surface area (Å²) in [6.07, 6.45) is 0.340. The van der Waals surface area contributed by atoms with Crippen LogP contribution < -0.4 is 15.5 Å². The number of carbonyl (C=O) groups is 3. The lowest BCUT2D eigenvalue weighted by Gasteiger charge is -2.11. The molecule has 1 aromatic heterocycles. The maximum atomic E-state index is 12.3. The topological polar surface area (TPSA) is 165 Å². The number of aromatic hydroxyl groups is 1. The van der Waals surface area contributed by atoms with Crippen molar-refractivity contribution in [1.82, 2.24) is 0 Å². The fraction of sp³-hybridized carbons (Fsp3) is 0.240. The minimum Gasteiger partial charge on any atom is -0.507 e. The number of ether oxygens (including phenoxy) is 3. The summed E-state index contributed by atoms with van der Waals surface area (Å²) in [7, 11) is 0. The van der Waals surface area contributed by atoms with Crippen LogP contribution in [-0.2, 0) is 25.5 Å². The lowest BCUT2D eigenvalue weighted by Crippen LogP contribution is -2.25. The van der Waals surface area contributed by atoms with Crippen molar-refractivity contribution in [2.24, 2.45) is 0 Å². The van der Waals surface area contributed by atoms with E-state index < -0.39 is 23.3 Å². The molecule has 0 unspecified atom stereocenters. The van der Waals surface area contributed by atoms with Crippen LogP contribution in [0.25, 0.3) is 11.0 Å². The lowest BCUT2D eigenvalue weighted by molar-refractivity contribution is -0.152. The van der Waals surface area contributed by atoms with Gasteiger partial charge in [-0.25, -0.2) is 9.59 Å². The number of phenolic OH excluding ortho intramolecular Hbond substituents is 1. The Morgan fingerprint density at radius 2 is 1.83 bits per heavy atom. The van der Waals surface area contributed by atoms with E-state index in [-0.39, 0.29) is 59.3 Å². The second-order valence-electron chi connectivity index (χ2n) is 7.28. The molecular weight excluding hydrogens is 472 g/mol. The quantitative estimate of drug-likeness (QED) is 0.351. The highest BCUT2D eigenvalue weighted by Gasteiger charge is 2.18. The maximum absolute atomic E-state index is 12.3. The van der Waals surface area contributed by atoms with Crippen LogP contribution in [0.15, 0.2) is 45.6 Å². The summed E-state index contributed by atoms with van der Waals surface area (Å²) in [4.78, 5) is 47.6. The van der Waals surface area contributed by atoms with Crippen molar-refractivity contribution in [3.05, 3.63) is 63.5 Å². The third-order valence-corrected chi connectivity index (χ3v) is 4.83. The molecule has 0 aliphatic carbocycles. The van der Waals surface area contributed by atoms with Gasteiger partial charge < -0.3 is 29.1 Å². The predicted molar refractivity (Wildman–Crippen MR) is 126 cm³/mol. The molecule has 3 aromatic rings. The highest BCUT2D eigenvalue weighted by molar-refractivity contribution is 6.37. The second-order valence-corrected chi connectivity index (χ2v) is 7.28. The molecule has 186 valence electrons. The minimum atomic E-state index is -1.05. The van der Waals surface area contributed by atoms with E-state index in [9.17, 15) is 29.5 Å². The molecule has 1 heterocycles. The number of rotatable bonds is 8. The normalized spacial score (nSPS) is 10.4. The van der Waals surface area contributed by atoms with Crippen molar-refractivity contribution in [1.29, 1.82) is 5.26 Å². The monoisotopic (exact) mass is 494 g/mol. The van der Waals surface area contributed by atoms with Crippen LogP contribution in [0.2, 0.25) is 0 Å². The van der Waals surface area contributed by atoms with Crippen LogP contribution in [0.5, 0.6) is 11.5 Å². The largest absolute Gasteiger partial charge is 0.507 e. The number of fused-ring (bicyclic) bond motifs is 1. The molecule has 3 rings (SSSR count). The molecule has 11 nitrogen and oxygen atoms in total. The Bertz CT molecular complexity index is 1420. The molecule has 1 amide bonds. The van der Waals surface area contributed by atoms with Crippen LogP contribution in [-0.4, -0.2) is 42.8 Å². The van der Waals surface area contributed by atoms with E-state index in [2.05, 4.69) is 10.1 Å². The molecule has 0 fully saturated rings. The lowest BCUT2D eigenvalue weighted by atomic mass is 10.1. The molecule has 0 saturated carbocycles. The number of esters is 2. The fourth-order valence-corrected chi connectivity index (χ4v) is 3.23. The molecule has 11 heteroatoms. The fourth-order valence-electron chi connectivity index (χ4n) is 3.23. The van der Waals surface area contributed by atoms with Crippen LogP contribution in [0, 0.1) is 11.3 Å². The summed E-state index contributed by atoms with van der Waals surface area (Å²) in [6.45, 7) is 3.44. The van der Waals surface area contributed by atoms with Gasteiger partial charge in [0.2, 0.25) is 5.76 Å². The number of hydrogen-bond acceptors (Lipinski definition) is 10. The van der Waals surface area contributed by atoms with Gasteiger partial charge >= 0.3 is 17.8 Å². The third-order valence-electron chi connectivity index (χ3n) is 4.83. The highest BCUT2D eigenvalue weighted by atomic mass is 16.5. The van der Waals surface area contributed by atoms with E-state index in [1.54, 1.807) is 19.9 Å². The van der Waals surface area contributed by atoms with Crippen LogP contribution in [0.3, 0.4) is 0 Å². The van der Waals surface area contributed by atoms with Crippen molar-refractivity contribution in [2.75, 3.05) is 25.1 Å². The van der Waals surface area contributed by atoms with Crippen molar-refractivity contribution >= 4 is 34.5 Å². The summed E-state index contributed by atoms with van der Waals surface area (Å²) in [5, 5.41) is 21.9. The molecule has 0 aliphatic heterocycles. The second kappa shape index (κ2) is 11.5. The van der Waals surface area contributed by atoms with Crippen molar-refractivity contribution in [3.63, 3.8) is 0 Å². The van der Waals surface area contributed by atoms with E-state index in [1.165, 1.54) is 24.3 Å². The van der Waals surface area contributed by atoms with E-state index in [1.807, 2.05) is 6.07 Å². The van der Waals surface area contributed by atoms with Crippen molar-refractivity contribution in [3.8, 4) is 17.6 Å². The zero-order valence-electron chi connectivity index (χ0n) is 19.5. The van der Waals surface area contributed by atoms with Crippen LogP contribution in [0.1, 0.15) is 35.5 Å². The van der Waals surface area contributed by atoms with Crippen molar-refractivity contribution in [2.45, 2.75) is 20.3 Å². The molecule has 2 N–H and O–H groups in total. The molecule has 2 aromatic carbocycles. The Balaban J connectivity index is 1.72. The smallest absolute Gasteiger partial charge is 0.397 e. The van der Waals surface area contributed by atoms with E-state index in [0.29, 0.717) is 12.0 Å². The van der Waals surface area contributed by atoms with Gasteiger partial charge in [-0.15, -0.1) is 0 Å². The van der Waals surface area contributed by atoms with Gasteiger partial charge in [-0.3, -0.25) is 9.59 Å². The summed E-state index contributed by atoms with van der Waals surface area (Å²) in [5.41, 5.74) is 0.340.